The summed E-state index contributed by atoms with van der Waals surface area (Å²) in [4.78, 5) is 0.317. The molecule has 0 radical (unpaired) electrons. The van der Waals surface area contributed by atoms with Crippen molar-refractivity contribution in [2.75, 3.05) is 6.54 Å². The van der Waals surface area contributed by atoms with Gasteiger partial charge in [0.05, 0.1) is 30.7 Å². The molecule has 5 rings (SSSR count). The van der Waals surface area contributed by atoms with Crippen LogP contribution in [-0.2, 0) is 29.7 Å². The molecule has 0 saturated heterocycles. The number of sulfonamides is 1. The van der Waals surface area contributed by atoms with Crippen LogP contribution in [0.2, 0.25) is 0 Å². The van der Waals surface area contributed by atoms with Gasteiger partial charge in [0.15, 0.2) is 0 Å². The maximum absolute atomic E-state index is 13.3. The van der Waals surface area contributed by atoms with Crippen molar-refractivity contribution in [3.05, 3.63) is 29.4 Å². The van der Waals surface area contributed by atoms with E-state index in [4.69, 9.17) is 4.52 Å². The third-order valence-corrected chi connectivity index (χ3v) is 7.06. The monoisotopic (exact) mass is 363 g/mol. The van der Waals surface area contributed by atoms with Crippen LogP contribution in [-0.4, -0.2) is 40.2 Å². The first-order chi connectivity index (χ1) is 12.1. The first-order valence-corrected chi connectivity index (χ1v) is 10.3. The van der Waals surface area contributed by atoms with Crippen molar-refractivity contribution in [2.24, 2.45) is 0 Å². The Labute approximate surface area is 146 Å². The van der Waals surface area contributed by atoms with Gasteiger partial charge in [-0.15, -0.1) is 0 Å². The fourth-order valence-electron chi connectivity index (χ4n) is 3.39. The van der Waals surface area contributed by atoms with E-state index < -0.39 is 10.0 Å². The van der Waals surface area contributed by atoms with Crippen molar-refractivity contribution < 1.29 is 12.9 Å². The Bertz CT molecular complexity index is 895. The predicted octanol–water partition coefficient (Wildman–Crippen LogP) is 1.20. The molecule has 2 aromatic heterocycles. The number of fused-ring (bicyclic) bond motifs is 1. The lowest BCUT2D eigenvalue weighted by molar-refractivity contribution is 0.352. The molecule has 134 valence electrons. The lowest BCUT2D eigenvalue weighted by atomic mass is 10.3. The molecule has 1 N–H and O–H groups in total. The van der Waals surface area contributed by atoms with E-state index in [2.05, 4.69) is 15.6 Å². The average Bonchev–Trinajstić information content (AvgIpc) is 3.53. The summed E-state index contributed by atoms with van der Waals surface area (Å²) in [6.07, 6.45) is 5.55. The Morgan fingerprint density at radius 3 is 2.92 bits per heavy atom. The molecule has 2 saturated carbocycles. The van der Waals surface area contributed by atoms with Crippen LogP contribution < -0.4 is 5.32 Å². The number of hydrogen-bond acceptors (Lipinski definition) is 6. The van der Waals surface area contributed by atoms with Gasteiger partial charge >= 0.3 is 0 Å². The van der Waals surface area contributed by atoms with Crippen LogP contribution in [0.1, 0.15) is 48.7 Å². The first-order valence-electron chi connectivity index (χ1n) is 8.85. The molecule has 1 aliphatic heterocycles. The van der Waals surface area contributed by atoms with Crippen molar-refractivity contribution in [3.63, 3.8) is 0 Å². The van der Waals surface area contributed by atoms with Crippen LogP contribution in [0.5, 0.6) is 0 Å². The molecular weight excluding hydrogens is 342 g/mol. The van der Waals surface area contributed by atoms with E-state index in [0.29, 0.717) is 29.6 Å². The maximum Gasteiger partial charge on any atom is 0.247 e. The number of aromatic nitrogens is 3. The van der Waals surface area contributed by atoms with Crippen LogP contribution in [0.15, 0.2) is 21.7 Å². The van der Waals surface area contributed by atoms with Gasteiger partial charge < -0.3 is 9.84 Å². The van der Waals surface area contributed by atoms with Crippen molar-refractivity contribution >= 4 is 10.0 Å². The highest BCUT2D eigenvalue weighted by molar-refractivity contribution is 7.89. The summed E-state index contributed by atoms with van der Waals surface area (Å²) in [5.74, 6) is 1.36. The summed E-state index contributed by atoms with van der Waals surface area (Å²) in [6, 6.07) is 1.97. The predicted molar refractivity (Wildman–Crippen MR) is 88.2 cm³/mol. The molecule has 2 aromatic rings. The standard InChI is InChI=1S/C16H21N5O3S/c22-25(23,16-9-18-20-6-5-17-8-14(16)20)21(13-3-4-13)10-12-7-15(24-19-12)11-1-2-11/h7,9,11,13,17H,1-6,8,10H2. The molecule has 3 aliphatic rings. The summed E-state index contributed by atoms with van der Waals surface area (Å²) in [5, 5.41) is 11.6. The SMILES string of the molecule is O=S(=O)(c1cnn2c1CNCC2)N(Cc1cc(C2CC2)on1)C1CC1. The molecule has 0 aromatic carbocycles. The Morgan fingerprint density at radius 1 is 1.32 bits per heavy atom. The Kier molecular flexibility index (Phi) is 3.51. The van der Waals surface area contributed by atoms with E-state index in [0.717, 1.165) is 43.7 Å². The topological polar surface area (TPSA) is 93.3 Å². The Hall–Kier alpha value is -1.71. The highest BCUT2D eigenvalue weighted by Gasteiger charge is 2.41. The minimum atomic E-state index is -3.60. The molecule has 3 heterocycles. The van der Waals surface area contributed by atoms with Crippen molar-refractivity contribution in [1.29, 1.82) is 0 Å². The minimum absolute atomic E-state index is 0.0539. The Balaban J connectivity index is 1.45. The second-order valence-electron chi connectivity index (χ2n) is 7.13. The zero-order valence-electron chi connectivity index (χ0n) is 13.9. The highest BCUT2D eigenvalue weighted by Crippen LogP contribution is 2.41. The molecule has 0 spiro atoms. The summed E-state index contributed by atoms with van der Waals surface area (Å²) in [7, 11) is -3.60. The largest absolute Gasteiger partial charge is 0.361 e. The van der Waals surface area contributed by atoms with Gasteiger partial charge in [-0.1, -0.05) is 5.16 Å². The lowest BCUT2D eigenvalue weighted by Crippen LogP contribution is -2.35. The number of nitrogens with zero attached hydrogens (tertiary/aromatic N) is 4. The second kappa shape index (κ2) is 5.65. The summed E-state index contributed by atoms with van der Waals surface area (Å²) in [6.45, 7) is 2.30. The van der Waals surface area contributed by atoms with Crippen molar-refractivity contribution in [1.82, 2.24) is 24.6 Å². The molecule has 2 fully saturated rings. The van der Waals surface area contributed by atoms with E-state index >= 15 is 0 Å². The molecule has 0 amide bonds. The number of nitrogens with one attached hydrogen (secondary N) is 1. The fourth-order valence-corrected chi connectivity index (χ4v) is 5.21. The minimum Gasteiger partial charge on any atom is -0.361 e. The quantitative estimate of drug-likeness (QED) is 0.829. The van der Waals surface area contributed by atoms with Gasteiger partial charge in [0.25, 0.3) is 0 Å². The zero-order chi connectivity index (χ0) is 17.0. The molecule has 8 nitrogen and oxygen atoms in total. The fraction of sp³-hybridized carbons (Fsp3) is 0.625. The van der Waals surface area contributed by atoms with Gasteiger partial charge in [0, 0.05) is 31.1 Å². The second-order valence-corrected chi connectivity index (χ2v) is 8.99. The van der Waals surface area contributed by atoms with Crippen LogP contribution in [0.4, 0.5) is 0 Å². The van der Waals surface area contributed by atoms with Crippen LogP contribution in [0.25, 0.3) is 0 Å². The summed E-state index contributed by atoms with van der Waals surface area (Å²) in [5.41, 5.74) is 1.44. The van der Waals surface area contributed by atoms with Gasteiger partial charge in [-0.05, 0) is 25.7 Å². The third kappa shape index (κ3) is 2.80. The van der Waals surface area contributed by atoms with E-state index in [1.54, 1.807) is 8.99 Å². The molecule has 2 aliphatic carbocycles. The van der Waals surface area contributed by atoms with E-state index in [1.807, 2.05) is 6.07 Å². The van der Waals surface area contributed by atoms with E-state index in [-0.39, 0.29) is 12.6 Å². The zero-order valence-corrected chi connectivity index (χ0v) is 14.7. The molecular formula is C16H21N5O3S. The van der Waals surface area contributed by atoms with Crippen LogP contribution in [0.3, 0.4) is 0 Å². The molecule has 25 heavy (non-hydrogen) atoms. The smallest absolute Gasteiger partial charge is 0.247 e. The van der Waals surface area contributed by atoms with Gasteiger partial charge in [-0.2, -0.15) is 9.40 Å². The maximum atomic E-state index is 13.3. The third-order valence-electron chi connectivity index (χ3n) is 5.12. The van der Waals surface area contributed by atoms with Crippen LogP contribution >= 0.6 is 0 Å². The highest BCUT2D eigenvalue weighted by atomic mass is 32.2. The molecule has 0 atom stereocenters. The molecule has 0 bridgehead atoms. The van der Waals surface area contributed by atoms with Gasteiger partial charge in [-0.3, -0.25) is 4.68 Å². The molecule has 0 unspecified atom stereocenters. The van der Waals surface area contributed by atoms with Gasteiger partial charge in [-0.25, -0.2) is 8.42 Å². The van der Waals surface area contributed by atoms with Crippen molar-refractivity contribution in [3.8, 4) is 0 Å². The van der Waals surface area contributed by atoms with Crippen LogP contribution in [0, 0.1) is 0 Å². The van der Waals surface area contributed by atoms with Gasteiger partial charge in [0.2, 0.25) is 10.0 Å². The van der Waals surface area contributed by atoms with E-state index in [1.165, 1.54) is 6.20 Å². The normalized spacial score (nSPS) is 20.8. The lowest BCUT2D eigenvalue weighted by Gasteiger charge is -2.22. The summed E-state index contributed by atoms with van der Waals surface area (Å²) >= 11 is 0. The number of rotatable bonds is 6. The van der Waals surface area contributed by atoms with Crippen molar-refractivity contribution in [2.45, 2.75) is 62.2 Å². The average molecular weight is 363 g/mol. The number of hydrogen-bond donors (Lipinski definition) is 1. The van der Waals surface area contributed by atoms with Gasteiger partial charge in [0.1, 0.15) is 10.7 Å². The molecule has 9 heteroatoms. The Morgan fingerprint density at radius 2 is 2.16 bits per heavy atom. The summed E-state index contributed by atoms with van der Waals surface area (Å²) < 4.78 is 35.3. The van der Waals surface area contributed by atoms with E-state index in [9.17, 15) is 8.42 Å². The first kappa shape index (κ1) is 15.5.